The van der Waals surface area contributed by atoms with Gasteiger partial charge in [-0.2, -0.15) is 0 Å². The minimum atomic E-state index is -0.250. The maximum absolute atomic E-state index is 11.9. The van der Waals surface area contributed by atoms with Crippen LogP contribution in [0.3, 0.4) is 0 Å². The van der Waals surface area contributed by atoms with Crippen LogP contribution in [0.1, 0.15) is 15.9 Å². The molecule has 0 unspecified atom stereocenters. The van der Waals surface area contributed by atoms with Crippen LogP contribution in [0.15, 0.2) is 60.7 Å². The third kappa shape index (κ3) is 4.23. The molecule has 0 atom stereocenters. The van der Waals surface area contributed by atoms with Crippen LogP contribution in [-0.4, -0.2) is 25.1 Å². The molecule has 0 saturated heterocycles. The minimum Gasteiger partial charge on any atom is -0.507 e. The highest BCUT2D eigenvalue weighted by molar-refractivity contribution is 6.06. The fraction of sp³-hybridized carbons (Fsp3) is 0.105. The number of benzene rings is 2. The Labute approximate surface area is 135 Å². The quantitative estimate of drug-likeness (QED) is 0.500. The summed E-state index contributed by atoms with van der Waals surface area (Å²) in [5, 5.41) is 9.62. The number of phenols is 1. The molecule has 0 saturated carbocycles. The molecule has 118 valence electrons. The molecule has 4 heteroatoms. The van der Waals surface area contributed by atoms with Crippen molar-refractivity contribution in [3.05, 3.63) is 71.8 Å². The van der Waals surface area contributed by atoms with E-state index in [4.69, 9.17) is 9.47 Å². The van der Waals surface area contributed by atoms with Gasteiger partial charge < -0.3 is 14.6 Å². The Morgan fingerprint density at radius 1 is 1.00 bits per heavy atom. The summed E-state index contributed by atoms with van der Waals surface area (Å²) in [4.78, 5) is 11.9. The van der Waals surface area contributed by atoms with E-state index in [-0.39, 0.29) is 17.1 Å². The number of carbonyl (C=O) groups is 1. The summed E-state index contributed by atoms with van der Waals surface area (Å²) in [5.41, 5.74) is 1.20. The highest BCUT2D eigenvalue weighted by atomic mass is 16.5. The number of rotatable bonds is 6. The SMILES string of the molecule is COc1ccc(/C=C/C=C/C(=O)c2ccccc2O)cc1OC. The number of ketones is 1. The molecule has 0 radical (unpaired) electrons. The number of allylic oxidation sites excluding steroid dienone is 3. The molecule has 0 aliphatic carbocycles. The molecule has 23 heavy (non-hydrogen) atoms. The summed E-state index contributed by atoms with van der Waals surface area (Å²) >= 11 is 0. The van der Waals surface area contributed by atoms with Gasteiger partial charge in [-0.25, -0.2) is 0 Å². The molecule has 0 fully saturated rings. The highest BCUT2D eigenvalue weighted by Crippen LogP contribution is 2.27. The van der Waals surface area contributed by atoms with Gasteiger partial charge in [0.2, 0.25) is 0 Å². The molecule has 1 N–H and O–H groups in total. The zero-order chi connectivity index (χ0) is 16.7. The van der Waals surface area contributed by atoms with E-state index in [0.29, 0.717) is 11.5 Å². The third-order valence-electron chi connectivity index (χ3n) is 3.22. The van der Waals surface area contributed by atoms with Crippen molar-refractivity contribution in [2.75, 3.05) is 14.2 Å². The van der Waals surface area contributed by atoms with Crippen LogP contribution >= 0.6 is 0 Å². The molecule has 0 aliphatic heterocycles. The fourth-order valence-corrected chi connectivity index (χ4v) is 2.04. The number of hydrogen-bond donors (Lipinski definition) is 1. The lowest BCUT2D eigenvalue weighted by molar-refractivity contribution is 0.104. The molecule has 2 rings (SSSR count). The first-order chi connectivity index (χ1) is 11.2. The summed E-state index contributed by atoms with van der Waals surface area (Å²) in [5.74, 6) is 1.03. The number of hydrogen-bond acceptors (Lipinski definition) is 4. The normalized spacial score (nSPS) is 11.0. The van der Waals surface area contributed by atoms with Crippen molar-refractivity contribution in [2.24, 2.45) is 0 Å². The van der Waals surface area contributed by atoms with Crippen molar-refractivity contribution >= 4 is 11.9 Å². The Bertz CT molecular complexity index is 745. The van der Waals surface area contributed by atoms with Gasteiger partial charge in [0.05, 0.1) is 19.8 Å². The monoisotopic (exact) mass is 310 g/mol. The van der Waals surface area contributed by atoms with Gasteiger partial charge in [-0.05, 0) is 35.9 Å². The van der Waals surface area contributed by atoms with E-state index < -0.39 is 0 Å². The van der Waals surface area contributed by atoms with Crippen molar-refractivity contribution in [3.8, 4) is 17.2 Å². The average molecular weight is 310 g/mol. The van der Waals surface area contributed by atoms with Crippen LogP contribution in [-0.2, 0) is 0 Å². The number of methoxy groups -OCH3 is 2. The second-order valence-electron chi connectivity index (χ2n) is 4.71. The van der Waals surface area contributed by atoms with Gasteiger partial charge in [0.1, 0.15) is 5.75 Å². The highest BCUT2D eigenvalue weighted by Gasteiger charge is 2.05. The van der Waals surface area contributed by atoms with Crippen LogP contribution in [0.25, 0.3) is 6.08 Å². The van der Waals surface area contributed by atoms with Crippen LogP contribution in [0.2, 0.25) is 0 Å². The smallest absolute Gasteiger partial charge is 0.189 e. The van der Waals surface area contributed by atoms with Crippen molar-refractivity contribution in [2.45, 2.75) is 0 Å². The predicted molar refractivity (Wildman–Crippen MR) is 90.2 cm³/mol. The van der Waals surface area contributed by atoms with Crippen molar-refractivity contribution in [1.29, 1.82) is 0 Å². The lowest BCUT2D eigenvalue weighted by Crippen LogP contribution is -1.93. The maximum atomic E-state index is 11.9. The van der Waals surface area contributed by atoms with Gasteiger partial charge in [0.15, 0.2) is 17.3 Å². The first-order valence-electron chi connectivity index (χ1n) is 7.05. The van der Waals surface area contributed by atoms with Crippen LogP contribution < -0.4 is 9.47 Å². The standard InChI is InChI=1S/C19H18O4/c1-22-18-12-11-14(13-19(18)23-2)7-3-5-9-16(20)15-8-4-6-10-17(15)21/h3-13,21H,1-2H3/b7-3+,9-5+. The maximum Gasteiger partial charge on any atom is 0.189 e. The second kappa shape index (κ2) is 7.84. The molecule has 0 heterocycles. The molecule has 2 aromatic carbocycles. The number of phenolic OH excluding ortho intramolecular Hbond substituents is 1. The summed E-state index contributed by atoms with van der Waals surface area (Å²) in [6.45, 7) is 0. The molecule has 0 spiro atoms. The summed E-state index contributed by atoms with van der Waals surface area (Å²) in [7, 11) is 3.16. The van der Waals surface area contributed by atoms with Gasteiger partial charge in [-0.1, -0.05) is 36.4 Å². The molecule has 0 aromatic heterocycles. The molecular weight excluding hydrogens is 292 g/mol. The molecular formula is C19H18O4. The van der Waals surface area contributed by atoms with E-state index >= 15 is 0 Å². The van der Waals surface area contributed by atoms with Gasteiger partial charge in [0, 0.05) is 0 Å². The number of ether oxygens (including phenoxy) is 2. The Morgan fingerprint density at radius 2 is 1.74 bits per heavy atom. The summed E-state index contributed by atoms with van der Waals surface area (Å²) in [6, 6.07) is 12.0. The molecule has 0 aliphatic rings. The summed E-state index contributed by atoms with van der Waals surface area (Å²) in [6.07, 6.45) is 6.63. The van der Waals surface area contributed by atoms with E-state index in [1.165, 1.54) is 12.1 Å². The molecule has 0 amide bonds. The lowest BCUT2D eigenvalue weighted by atomic mass is 10.1. The number of aromatic hydroxyl groups is 1. The first-order valence-corrected chi connectivity index (χ1v) is 7.05. The zero-order valence-corrected chi connectivity index (χ0v) is 13.0. The van der Waals surface area contributed by atoms with Crippen LogP contribution in [0.4, 0.5) is 0 Å². The average Bonchev–Trinajstić information content (AvgIpc) is 2.58. The lowest BCUT2D eigenvalue weighted by Gasteiger charge is -2.07. The Morgan fingerprint density at radius 3 is 2.43 bits per heavy atom. The van der Waals surface area contributed by atoms with E-state index in [2.05, 4.69) is 0 Å². The number of para-hydroxylation sites is 1. The predicted octanol–water partition coefficient (Wildman–Crippen LogP) is 3.86. The van der Waals surface area contributed by atoms with Crippen molar-refractivity contribution in [1.82, 2.24) is 0 Å². The van der Waals surface area contributed by atoms with Crippen LogP contribution in [0.5, 0.6) is 17.2 Å². The topological polar surface area (TPSA) is 55.8 Å². The largest absolute Gasteiger partial charge is 0.507 e. The van der Waals surface area contributed by atoms with E-state index in [9.17, 15) is 9.90 Å². The summed E-state index contributed by atoms with van der Waals surface area (Å²) < 4.78 is 10.4. The number of carbonyl (C=O) groups excluding carboxylic acids is 1. The Balaban J connectivity index is 2.07. The Kier molecular flexibility index (Phi) is 5.58. The fourth-order valence-electron chi connectivity index (χ4n) is 2.04. The van der Waals surface area contributed by atoms with Crippen LogP contribution in [0, 0.1) is 0 Å². The molecule has 0 bridgehead atoms. The van der Waals surface area contributed by atoms with E-state index in [1.807, 2.05) is 24.3 Å². The second-order valence-corrected chi connectivity index (χ2v) is 4.71. The molecule has 2 aromatic rings. The first kappa shape index (κ1) is 16.4. The van der Waals surface area contributed by atoms with Gasteiger partial charge in [-0.15, -0.1) is 0 Å². The minimum absolute atomic E-state index is 0.0222. The van der Waals surface area contributed by atoms with Crippen molar-refractivity contribution in [3.63, 3.8) is 0 Å². The zero-order valence-electron chi connectivity index (χ0n) is 13.0. The van der Waals surface area contributed by atoms with E-state index in [1.54, 1.807) is 44.6 Å². The van der Waals surface area contributed by atoms with Gasteiger partial charge in [0.25, 0.3) is 0 Å². The van der Waals surface area contributed by atoms with Gasteiger partial charge >= 0.3 is 0 Å². The van der Waals surface area contributed by atoms with Crippen molar-refractivity contribution < 1.29 is 19.4 Å². The third-order valence-corrected chi connectivity index (χ3v) is 3.22. The molecule has 4 nitrogen and oxygen atoms in total. The van der Waals surface area contributed by atoms with E-state index in [0.717, 1.165) is 5.56 Å². The van der Waals surface area contributed by atoms with Gasteiger partial charge in [-0.3, -0.25) is 4.79 Å². The Hall–Kier alpha value is -3.01.